The minimum Gasteiger partial charge on any atom is -0.330 e. The van der Waals surface area contributed by atoms with Crippen LogP contribution in [0.4, 0.5) is 4.79 Å². The average molecular weight is 355 g/mol. The van der Waals surface area contributed by atoms with Crippen molar-refractivity contribution in [3.05, 3.63) is 58.3 Å². The van der Waals surface area contributed by atoms with E-state index in [1.807, 2.05) is 23.1 Å². The van der Waals surface area contributed by atoms with Crippen LogP contribution in [-0.4, -0.2) is 17.0 Å². The third-order valence-electron chi connectivity index (χ3n) is 5.44. The Morgan fingerprint density at radius 1 is 1.08 bits per heavy atom. The van der Waals surface area contributed by atoms with Crippen molar-refractivity contribution in [2.75, 3.05) is 0 Å². The SMILES string of the molecule is O=C(NC(c1cccs1)C1CCCC1)N(Cc1ccccc1)C1CC1. The lowest BCUT2D eigenvalue weighted by atomic mass is 9.97. The van der Waals surface area contributed by atoms with Gasteiger partial charge in [0.2, 0.25) is 0 Å². The molecule has 2 aliphatic carbocycles. The predicted molar refractivity (Wildman–Crippen MR) is 103 cm³/mol. The highest BCUT2D eigenvalue weighted by Gasteiger charge is 2.35. The van der Waals surface area contributed by atoms with Gasteiger partial charge in [-0.3, -0.25) is 0 Å². The van der Waals surface area contributed by atoms with Gasteiger partial charge in [0.25, 0.3) is 0 Å². The second-order valence-electron chi connectivity index (χ2n) is 7.33. The first-order valence-corrected chi connectivity index (χ1v) is 10.3. The maximum Gasteiger partial charge on any atom is 0.318 e. The summed E-state index contributed by atoms with van der Waals surface area (Å²) in [5.74, 6) is 0.584. The number of rotatable bonds is 6. The fourth-order valence-electron chi connectivity index (χ4n) is 3.93. The second-order valence-corrected chi connectivity index (χ2v) is 8.31. The molecule has 2 fully saturated rings. The van der Waals surface area contributed by atoms with Crippen LogP contribution < -0.4 is 5.32 Å². The van der Waals surface area contributed by atoms with Crippen molar-refractivity contribution in [2.45, 2.75) is 57.2 Å². The molecule has 1 N–H and O–H groups in total. The summed E-state index contributed by atoms with van der Waals surface area (Å²) in [7, 11) is 0. The number of hydrogen-bond acceptors (Lipinski definition) is 2. The maximum atomic E-state index is 13.1. The summed E-state index contributed by atoms with van der Waals surface area (Å²) in [6.07, 6.45) is 7.30. The maximum absolute atomic E-state index is 13.1. The Morgan fingerprint density at radius 2 is 1.84 bits per heavy atom. The zero-order valence-electron chi connectivity index (χ0n) is 14.6. The number of thiophene rings is 1. The van der Waals surface area contributed by atoms with Crippen LogP contribution in [0.15, 0.2) is 47.8 Å². The van der Waals surface area contributed by atoms with E-state index in [2.05, 4.69) is 35.0 Å². The van der Waals surface area contributed by atoms with Gasteiger partial charge in [0.15, 0.2) is 0 Å². The van der Waals surface area contributed by atoms with Gasteiger partial charge < -0.3 is 10.2 Å². The van der Waals surface area contributed by atoms with Crippen LogP contribution in [0.2, 0.25) is 0 Å². The highest BCUT2D eigenvalue weighted by Crippen LogP contribution is 2.38. The van der Waals surface area contributed by atoms with Gasteiger partial charge in [0.1, 0.15) is 0 Å². The molecular formula is C21H26N2OS. The van der Waals surface area contributed by atoms with Crippen LogP contribution in [0.25, 0.3) is 0 Å². The van der Waals surface area contributed by atoms with Crippen molar-refractivity contribution in [1.82, 2.24) is 10.2 Å². The average Bonchev–Trinajstić information content (AvgIpc) is 3.12. The number of nitrogens with one attached hydrogen (secondary N) is 1. The Kier molecular flexibility index (Phi) is 5.07. The molecular weight excluding hydrogens is 328 g/mol. The summed E-state index contributed by atoms with van der Waals surface area (Å²) >= 11 is 1.77. The molecule has 0 spiro atoms. The molecule has 1 aromatic heterocycles. The van der Waals surface area contributed by atoms with E-state index in [4.69, 9.17) is 0 Å². The van der Waals surface area contributed by atoms with Gasteiger partial charge in [0, 0.05) is 17.5 Å². The first kappa shape index (κ1) is 16.6. The van der Waals surface area contributed by atoms with Crippen LogP contribution >= 0.6 is 11.3 Å². The molecule has 2 aliphatic rings. The largest absolute Gasteiger partial charge is 0.330 e. The lowest BCUT2D eigenvalue weighted by Crippen LogP contribution is -2.43. The molecule has 0 aliphatic heterocycles. The monoisotopic (exact) mass is 354 g/mol. The molecule has 0 bridgehead atoms. The zero-order valence-corrected chi connectivity index (χ0v) is 15.4. The van der Waals surface area contributed by atoms with Crippen molar-refractivity contribution in [2.24, 2.45) is 5.92 Å². The summed E-state index contributed by atoms with van der Waals surface area (Å²) in [5.41, 5.74) is 1.21. The number of benzene rings is 1. The molecule has 132 valence electrons. The summed E-state index contributed by atoms with van der Waals surface area (Å²) < 4.78 is 0. The molecule has 1 atom stereocenters. The van der Waals surface area contributed by atoms with Gasteiger partial charge in [-0.2, -0.15) is 0 Å². The molecule has 2 saturated carbocycles. The smallest absolute Gasteiger partial charge is 0.318 e. The van der Waals surface area contributed by atoms with E-state index in [9.17, 15) is 4.79 Å². The van der Waals surface area contributed by atoms with Crippen LogP contribution in [0.1, 0.15) is 55.0 Å². The number of hydrogen-bond donors (Lipinski definition) is 1. The van der Waals surface area contributed by atoms with Gasteiger partial charge in [-0.15, -0.1) is 11.3 Å². The number of nitrogens with zero attached hydrogens (tertiary/aromatic N) is 1. The molecule has 25 heavy (non-hydrogen) atoms. The first-order valence-electron chi connectivity index (χ1n) is 9.46. The molecule has 4 rings (SSSR count). The minimum atomic E-state index is 0.108. The highest BCUT2D eigenvalue weighted by atomic mass is 32.1. The number of urea groups is 1. The predicted octanol–water partition coefficient (Wildman–Crippen LogP) is 5.35. The Morgan fingerprint density at radius 3 is 2.48 bits per heavy atom. The highest BCUT2D eigenvalue weighted by molar-refractivity contribution is 7.10. The Bertz CT molecular complexity index is 675. The van der Waals surface area contributed by atoms with Gasteiger partial charge in [-0.1, -0.05) is 49.2 Å². The fraction of sp³-hybridized carbons (Fsp3) is 0.476. The Hall–Kier alpha value is -1.81. The van der Waals surface area contributed by atoms with Crippen LogP contribution in [0.3, 0.4) is 0 Å². The molecule has 1 unspecified atom stereocenters. The number of carbonyl (C=O) groups excluding carboxylic acids is 1. The van der Waals surface area contributed by atoms with Crippen molar-refractivity contribution in [3.63, 3.8) is 0 Å². The standard InChI is InChI=1S/C21H26N2OS/c24-21(23(18-12-13-18)15-16-7-2-1-3-8-16)22-20(17-9-4-5-10-17)19-11-6-14-25-19/h1-3,6-8,11,14,17-18,20H,4-5,9-10,12-13,15H2,(H,22,24). The van der Waals surface area contributed by atoms with Crippen molar-refractivity contribution in [1.29, 1.82) is 0 Å². The number of amides is 2. The second kappa shape index (κ2) is 7.61. The van der Waals surface area contributed by atoms with Gasteiger partial charge in [0.05, 0.1) is 6.04 Å². The van der Waals surface area contributed by atoms with Crippen molar-refractivity contribution in [3.8, 4) is 0 Å². The van der Waals surface area contributed by atoms with E-state index >= 15 is 0 Å². The zero-order chi connectivity index (χ0) is 17.1. The van der Waals surface area contributed by atoms with Gasteiger partial charge >= 0.3 is 6.03 Å². The molecule has 1 heterocycles. The first-order chi connectivity index (χ1) is 12.3. The quantitative estimate of drug-likeness (QED) is 0.745. The molecule has 0 radical (unpaired) electrons. The molecule has 2 amide bonds. The van der Waals surface area contributed by atoms with Crippen LogP contribution in [-0.2, 0) is 6.54 Å². The van der Waals surface area contributed by atoms with E-state index < -0.39 is 0 Å². The van der Waals surface area contributed by atoms with Crippen molar-refractivity contribution < 1.29 is 4.79 Å². The molecule has 2 aromatic rings. The van der Waals surface area contributed by atoms with Crippen LogP contribution in [0.5, 0.6) is 0 Å². The topological polar surface area (TPSA) is 32.3 Å². The van der Waals surface area contributed by atoms with E-state index in [0.717, 1.165) is 12.8 Å². The Balaban J connectivity index is 1.49. The normalized spacial score (nSPS) is 18.9. The lowest BCUT2D eigenvalue weighted by molar-refractivity contribution is 0.183. The van der Waals surface area contributed by atoms with Crippen LogP contribution in [0, 0.1) is 5.92 Å². The van der Waals surface area contributed by atoms with E-state index in [0.29, 0.717) is 18.5 Å². The molecule has 3 nitrogen and oxygen atoms in total. The molecule has 0 saturated heterocycles. The summed E-state index contributed by atoms with van der Waals surface area (Å²) in [5, 5.41) is 5.52. The molecule has 1 aromatic carbocycles. The lowest BCUT2D eigenvalue weighted by Gasteiger charge is -2.29. The van der Waals surface area contributed by atoms with E-state index in [1.165, 1.54) is 36.1 Å². The fourth-order valence-corrected chi connectivity index (χ4v) is 4.80. The van der Waals surface area contributed by atoms with Crippen molar-refractivity contribution >= 4 is 17.4 Å². The summed E-state index contributed by atoms with van der Waals surface area (Å²) in [6, 6.07) is 15.3. The van der Waals surface area contributed by atoms with Gasteiger partial charge in [-0.05, 0) is 48.6 Å². The third kappa shape index (κ3) is 4.06. The Labute approximate surface area is 154 Å². The van der Waals surface area contributed by atoms with E-state index in [-0.39, 0.29) is 12.1 Å². The van der Waals surface area contributed by atoms with E-state index in [1.54, 1.807) is 11.3 Å². The summed E-state index contributed by atoms with van der Waals surface area (Å²) in [4.78, 5) is 16.5. The van der Waals surface area contributed by atoms with Gasteiger partial charge in [-0.25, -0.2) is 4.79 Å². The number of carbonyl (C=O) groups is 1. The summed E-state index contributed by atoms with van der Waals surface area (Å²) in [6.45, 7) is 0.708. The third-order valence-corrected chi connectivity index (χ3v) is 6.40. The minimum absolute atomic E-state index is 0.108. The molecule has 4 heteroatoms.